The SMILES string of the molecule is c1ccc(N(c2ccc3c(c2)oc2ccccc23)c2ccc3c(c2)sc2ccc4c5ccc6ccccc6c5oc4c23)cc1. The molecule has 0 spiro atoms. The van der Waals surface area contributed by atoms with Crippen LogP contribution in [0.4, 0.5) is 17.1 Å². The van der Waals surface area contributed by atoms with E-state index in [9.17, 15) is 0 Å². The van der Waals surface area contributed by atoms with Gasteiger partial charge in [0.1, 0.15) is 22.3 Å². The Hall–Kier alpha value is -5.58. The van der Waals surface area contributed by atoms with Gasteiger partial charge < -0.3 is 13.7 Å². The van der Waals surface area contributed by atoms with Crippen molar-refractivity contribution in [1.29, 1.82) is 0 Å². The van der Waals surface area contributed by atoms with Crippen LogP contribution < -0.4 is 4.90 Å². The summed E-state index contributed by atoms with van der Waals surface area (Å²) in [6.07, 6.45) is 0. The van der Waals surface area contributed by atoms with Crippen LogP contribution in [0.3, 0.4) is 0 Å². The Morgan fingerprint density at radius 2 is 1.09 bits per heavy atom. The number of hydrogen-bond acceptors (Lipinski definition) is 4. The molecule has 0 amide bonds. The van der Waals surface area contributed by atoms with E-state index < -0.39 is 0 Å². The van der Waals surface area contributed by atoms with Crippen molar-refractivity contribution in [3.05, 3.63) is 140 Å². The highest BCUT2D eigenvalue weighted by atomic mass is 32.1. The van der Waals surface area contributed by atoms with Gasteiger partial charge in [0.25, 0.3) is 0 Å². The molecule has 7 aromatic carbocycles. The number of rotatable bonds is 3. The van der Waals surface area contributed by atoms with E-state index in [1.54, 1.807) is 0 Å². The molecule has 3 heterocycles. The standard InChI is InChI=1S/C40H23NO2S/c1-2-9-25(10-3-1)41(26-15-18-30-29-12-6-7-13-34(29)42-35(30)22-26)27-16-19-33-37(23-27)44-36-21-20-32-31-17-14-24-8-4-5-11-28(24)39(31)43-40(32)38(33)36/h1-23H. The fraction of sp³-hybridized carbons (Fsp3) is 0. The predicted octanol–water partition coefficient (Wildman–Crippen LogP) is 12.5. The van der Waals surface area contributed by atoms with Crippen LogP contribution in [0.1, 0.15) is 0 Å². The minimum Gasteiger partial charge on any atom is -0.456 e. The van der Waals surface area contributed by atoms with E-state index in [4.69, 9.17) is 8.83 Å². The molecule has 0 aliphatic rings. The number of para-hydroxylation sites is 2. The molecule has 0 radical (unpaired) electrons. The zero-order valence-corrected chi connectivity index (χ0v) is 24.3. The maximum Gasteiger partial charge on any atom is 0.144 e. The summed E-state index contributed by atoms with van der Waals surface area (Å²) in [6.45, 7) is 0. The molecule has 0 N–H and O–H groups in total. The van der Waals surface area contributed by atoms with Crippen molar-refractivity contribution in [2.45, 2.75) is 0 Å². The van der Waals surface area contributed by atoms with E-state index in [0.29, 0.717) is 0 Å². The fourth-order valence-electron chi connectivity index (χ4n) is 6.83. The van der Waals surface area contributed by atoms with Gasteiger partial charge in [-0.2, -0.15) is 0 Å². The van der Waals surface area contributed by atoms with Crippen LogP contribution >= 0.6 is 11.3 Å². The van der Waals surface area contributed by atoms with Gasteiger partial charge in [-0.05, 0) is 66.0 Å². The second-order valence-corrected chi connectivity index (χ2v) is 12.4. The number of fused-ring (bicyclic) bond motifs is 12. The fourth-order valence-corrected chi connectivity index (χ4v) is 7.96. The first kappa shape index (κ1) is 23.9. The van der Waals surface area contributed by atoms with Crippen molar-refractivity contribution in [1.82, 2.24) is 0 Å². The average Bonchev–Trinajstić information content (AvgIpc) is 3.76. The second-order valence-electron chi connectivity index (χ2n) is 11.3. The molecule has 4 heteroatoms. The van der Waals surface area contributed by atoms with Gasteiger partial charge in [0, 0.05) is 70.2 Å². The Kier molecular flexibility index (Phi) is 4.87. The minimum atomic E-state index is 0.882. The lowest BCUT2D eigenvalue weighted by Crippen LogP contribution is -2.09. The molecule has 0 aliphatic heterocycles. The van der Waals surface area contributed by atoms with Crippen LogP contribution in [-0.2, 0) is 0 Å². The van der Waals surface area contributed by atoms with Crippen molar-refractivity contribution >= 4 is 103 Å². The summed E-state index contributed by atoms with van der Waals surface area (Å²) in [5.74, 6) is 0. The molecular weight excluding hydrogens is 559 g/mol. The van der Waals surface area contributed by atoms with Crippen LogP contribution in [0.25, 0.3) is 74.8 Å². The van der Waals surface area contributed by atoms with E-state index >= 15 is 0 Å². The van der Waals surface area contributed by atoms with Gasteiger partial charge >= 0.3 is 0 Å². The number of benzene rings is 7. The van der Waals surface area contributed by atoms with E-state index in [0.717, 1.165) is 66.3 Å². The summed E-state index contributed by atoms with van der Waals surface area (Å²) < 4.78 is 15.4. The molecule has 10 aromatic rings. The first-order valence-electron chi connectivity index (χ1n) is 14.8. The van der Waals surface area contributed by atoms with Gasteiger partial charge in [-0.25, -0.2) is 0 Å². The smallest absolute Gasteiger partial charge is 0.144 e. The van der Waals surface area contributed by atoms with E-state index in [2.05, 4.69) is 132 Å². The summed E-state index contributed by atoms with van der Waals surface area (Å²) in [4.78, 5) is 2.30. The Bertz CT molecular complexity index is 2730. The number of thiophene rings is 1. The lowest BCUT2D eigenvalue weighted by Gasteiger charge is -2.25. The summed E-state index contributed by atoms with van der Waals surface area (Å²) in [5, 5.41) is 9.32. The van der Waals surface area contributed by atoms with Crippen molar-refractivity contribution in [3.8, 4) is 0 Å². The molecule has 44 heavy (non-hydrogen) atoms. The summed E-state index contributed by atoms with van der Waals surface area (Å²) in [5.41, 5.74) is 6.94. The van der Waals surface area contributed by atoms with Crippen LogP contribution in [0, 0.1) is 0 Å². The Morgan fingerprint density at radius 3 is 2.00 bits per heavy atom. The van der Waals surface area contributed by atoms with E-state index in [1.807, 2.05) is 23.5 Å². The van der Waals surface area contributed by atoms with Gasteiger partial charge in [-0.15, -0.1) is 11.3 Å². The highest BCUT2D eigenvalue weighted by molar-refractivity contribution is 7.26. The molecule has 0 fully saturated rings. The zero-order chi connectivity index (χ0) is 28.8. The van der Waals surface area contributed by atoms with Crippen LogP contribution in [0.5, 0.6) is 0 Å². The van der Waals surface area contributed by atoms with Gasteiger partial charge in [0.2, 0.25) is 0 Å². The third-order valence-electron chi connectivity index (χ3n) is 8.84. The maximum absolute atomic E-state index is 6.71. The van der Waals surface area contributed by atoms with Gasteiger partial charge in [-0.3, -0.25) is 0 Å². The van der Waals surface area contributed by atoms with Crippen molar-refractivity contribution in [3.63, 3.8) is 0 Å². The first-order chi connectivity index (χ1) is 21.8. The second kappa shape index (κ2) is 8.96. The molecule has 10 rings (SSSR count). The third-order valence-corrected chi connectivity index (χ3v) is 9.96. The Morgan fingerprint density at radius 1 is 0.409 bits per heavy atom. The minimum absolute atomic E-state index is 0.882. The van der Waals surface area contributed by atoms with E-state index in [1.165, 1.54) is 25.6 Å². The third kappa shape index (κ3) is 3.37. The number of anilines is 3. The molecule has 0 bridgehead atoms. The van der Waals surface area contributed by atoms with Crippen molar-refractivity contribution in [2.75, 3.05) is 4.90 Å². The van der Waals surface area contributed by atoms with E-state index in [-0.39, 0.29) is 0 Å². The molecule has 3 nitrogen and oxygen atoms in total. The summed E-state index contributed by atoms with van der Waals surface area (Å²) >= 11 is 1.81. The molecular formula is C40H23NO2S. The number of hydrogen-bond donors (Lipinski definition) is 0. The zero-order valence-electron chi connectivity index (χ0n) is 23.5. The normalized spacial score (nSPS) is 12.1. The van der Waals surface area contributed by atoms with Gasteiger partial charge in [-0.1, -0.05) is 72.8 Å². The largest absolute Gasteiger partial charge is 0.456 e. The molecule has 3 aromatic heterocycles. The van der Waals surface area contributed by atoms with Crippen LogP contribution in [0.2, 0.25) is 0 Å². The monoisotopic (exact) mass is 581 g/mol. The Balaban J connectivity index is 1.19. The van der Waals surface area contributed by atoms with Gasteiger partial charge in [0.05, 0.1) is 0 Å². The molecule has 0 unspecified atom stereocenters. The number of furan rings is 2. The predicted molar refractivity (Wildman–Crippen MR) is 186 cm³/mol. The maximum atomic E-state index is 6.71. The lowest BCUT2D eigenvalue weighted by molar-refractivity contribution is 0.669. The highest BCUT2D eigenvalue weighted by Crippen LogP contribution is 2.45. The topological polar surface area (TPSA) is 29.5 Å². The highest BCUT2D eigenvalue weighted by Gasteiger charge is 2.19. The van der Waals surface area contributed by atoms with Crippen molar-refractivity contribution < 1.29 is 8.83 Å². The Labute approximate surface area is 255 Å². The first-order valence-corrected chi connectivity index (χ1v) is 15.6. The summed E-state index contributed by atoms with van der Waals surface area (Å²) in [6, 6.07) is 49.3. The molecule has 206 valence electrons. The molecule has 0 atom stereocenters. The molecule has 0 aliphatic carbocycles. The number of nitrogens with zero attached hydrogens (tertiary/aromatic N) is 1. The quantitative estimate of drug-likeness (QED) is 0.208. The van der Waals surface area contributed by atoms with Gasteiger partial charge in [0.15, 0.2) is 0 Å². The van der Waals surface area contributed by atoms with Crippen LogP contribution in [0.15, 0.2) is 148 Å². The summed E-state index contributed by atoms with van der Waals surface area (Å²) in [7, 11) is 0. The average molecular weight is 582 g/mol. The molecule has 0 saturated heterocycles. The lowest BCUT2D eigenvalue weighted by atomic mass is 10.0. The van der Waals surface area contributed by atoms with Crippen LogP contribution in [-0.4, -0.2) is 0 Å². The molecule has 0 saturated carbocycles. The van der Waals surface area contributed by atoms with Crippen molar-refractivity contribution in [2.24, 2.45) is 0 Å².